The maximum atomic E-state index is 12.7. The van der Waals surface area contributed by atoms with Crippen molar-refractivity contribution in [3.8, 4) is 5.75 Å². The van der Waals surface area contributed by atoms with Gasteiger partial charge in [0.15, 0.2) is 0 Å². The molecule has 0 aromatic heterocycles. The van der Waals surface area contributed by atoms with Crippen molar-refractivity contribution in [1.29, 1.82) is 0 Å². The monoisotopic (exact) mass is 283 g/mol. The number of hydrogen-bond donors (Lipinski definition) is 1. The number of carbonyl (C=O) groups excluding carboxylic acids is 1. The zero-order valence-electron chi connectivity index (χ0n) is 9.72. The Balaban J connectivity index is 3.55. The lowest BCUT2D eigenvalue weighted by molar-refractivity contribution is -0.142. The van der Waals surface area contributed by atoms with Gasteiger partial charge < -0.3 is 10.5 Å². The number of carbonyl (C=O) groups is 1. The van der Waals surface area contributed by atoms with Crippen molar-refractivity contribution in [2.45, 2.75) is 26.1 Å². The fourth-order valence-corrected chi connectivity index (χ4v) is 1.66. The molecule has 0 atom stereocenters. The highest BCUT2D eigenvalue weighted by Gasteiger charge is 2.37. The van der Waals surface area contributed by atoms with Gasteiger partial charge >= 0.3 is 12.8 Å². The maximum absolute atomic E-state index is 12.7. The maximum Gasteiger partial charge on any atom is 0.419 e. The van der Waals surface area contributed by atoms with Crippen LogP contribution in [0.3, 0.4) is 0 Å². The Bertz CT molecular complexity index is 485. The van der Waals surface area contributed by atoms with E-state index in [1.165, 1.54) is 6.92 Å². The molecule has 0 heterocycles. The first-order valence-electron chi connectivity index (χ1n) is 5.16. The van der Waals surface area contributed by atoms with Gasteiger partial charge in [0.25, 0.3) is 0 Å². The Morgan fingerprint density at radius 1 is 1.37 bits per heavy atom. The molecule has 0 saturated carbocycles. The van der Waals surface area contributed by atoms with Crippen LogP contribution in [0.4, 0.5) is 22.0 Å². The molecule has 0 fully saturated rings. The van der Waals surface area contributed by atoms with Gasteiger partial charge in [-0.05, 0) is 18.6 Å². The summed E-state index contributed by atoms with van der Waals surface area (Å²) in [7, 11) is 0. The average molecular weight is 283 g/mol. The van der Waals surface area contributed by atoms with E-state index >= 15 is 0 Å². The minimum absolute atomic E-state index is 0.107. The fourth-order valence-electron chi connectivity index (χ4n) is 1.66. The molecule has 3 nitrogen and oxygen atoms in total. The highest BCUT2D eigenvalue weighted by atomic mass is 19.4. The third-order valence-corrected chi connectivity index (χ3v) is 2.39. The highest BCUT2D eigenvalue weighted by Crippen LogP contribution is 2.40. The van der Waals surface area contributed by atoms with Gasteiger partial charge in [-0.3, -0.25) is 4.79 Å². The van der Waals surface area contributed by atoms with Crippen LogP contribution < -0.4 is 10.5 Å². The summed E-state index contributed by atoms with van der Waals surface area (Å²) in [6.07, 6.45) is -4.98. The Kier molecular flexibility index (Phi) is 4.33. The van der Waals surface area contributed by atoms with E-state index in [2.05, 4.69) is 4.74 Å². The first-order chi connectivity index (χ1) is 8.68. The zero-order chi connectivity index (χ0) is 14.8. The van der Waals surface area contributed by atoms with Gasteiger partial charge in [-0.15, -0.1) is 0 Å². The van der Waals surface area contributed by atoms with E-state index in [0.29, 0.717) is 6.07 Å². The lowest BCUT2D eigenvalue weighted by atomic mass is 9.99. The van der Waals surface area contributed by atoms with Gasteiger partial charge in [-0.25, -0.2) is 0 Å². The van der Waals surface area contributed by atoms with Crippen molar-refractivity contribution in [1.82, 2.24) is 0 Å². The molecule has 1 amide bonds. The largest absolute Gasteiger partial charge is 0.434 e. The zero-order valence-corrected chi connectivity index (χ0v) is 9.72. The molecule has 1 aromatic carbocycles. The van der Waals surface area contributed by atoms with Crippen molar-refractivity contribution in [2.24, 2.45) is 5.73 Å². The molecule has 0 saturated heterocycles. The van der Waals surface area contributed by atoms with E-state index < -0.39 is 30.0 Å². The molecule has 8 heteroatoms. The van der Waals surface area contributed by atoms with Crippen LogP contribution in [0.2, 0.25) is 0 Å². The van der Waals surface area contributed by atoms with Gasteiger partial charge in [-0.1, -0.05) is 6.92 Å². The number of amides is 1. The molecule has 0 spiro atoms. The van der Waals surface area contributed by atoms with Crippen molar-refractivity contribution in [3.63, 3.8) is 0 Å². The van der Waals surface area contributed by atoms with Crippen LogP contribution in [0.15, 0.2) is 12.1 Å². The lowest BCUT2D eigenvalue weighted by Crippen LogP contribution is -2.19. The van der Waals surface area contributed by atoms with E-state index in [9.17, 15) is 26.7 Å². The second kappa shape index (κ2) is 5.41. The molecular formula is C11H10F5NO2. The third-order valence-electron chi connectivity index (χ3n) is 2.39. The van der Waals surface area contributed by atoms with Crippen LogP contribution in [0.5, 0.6) is 5.75 Å². The summed E-state index contributed by atoms with van der Waals surface area (Å²) >= 11 is 0. The number of benzene rings is 1. The predicted molar refractivity (Wildman–Crippen MR) is 56.0 cm³/mol. The lowest BCUT2D eigenvalue weighted by Gasteiger charge is -2.18. The molecule has 19 heavy (non-hydrogen) atoms. The average Bonchev–Trinajstić information content (AvgIpc) is 2.25. The number of nitrogens with two attached hydrogens (primary N) is 1. The summed E-state index contributed by atoms with van der Waals surface area (Å²) in [6, 6.07) is 1.35. The summed E-state index contributed by atoms with van der Waals surface area (Å²) in [4.78, 5) is 11.1. The number of ether oxygens (including phenoxy) is 1. The topological polar surface area (TPSA) is 52.3 Å². The normalized spacial score (nSPS) is 11.7. The summed E-state index contributed by atoms with van der Waals surface area (Å²) < 4.78 is 66.5. The highest BCUT2D eigenvalue weighted by molar-refractivity contribution is 5.95. The molecule has 0 unspecified atom stereocenters. The van der Waals surface area contributed by atoms with E-state index in [0.717, 1.165) is 6.07 Å². The molecule has 1 aromatic rings. The Morgan fingerprint density at radius 2 is 1.95 bits per heavy atom. The Labute approximate surface area is 105 Å². The quantitative estimate of drug-likeness (QED) is 0.864. The molecular weight excluding hydrogens is 273 g/mol. The van der Waals surface area contributed by atoms with Crippen LogP contribution in [-0.2, 0) is 12.6 Å². The van der Waals surface area contributed by atoms with Crippen molar-refractivity contribution in [2.75, 3.05) is 0 Å². The number of primary amides is 1. The Hall–Kier alpha value is -1.86. The van der Waals surface area contributed by atoms with Gasteiger partial charge in [0.1, 0.15) is 5.75 Å². The second-order valence-corrected chi connectivity index (χ2v) is 3.56. The summed E-state index contributed by atoms with van der Waals surface area (Å²) in [5, 5.41) is 0. The predicted octanol–water partition coefficient (Wildman–Crippen LogP) is 2.97. The Morgan fingerprint density at radius 3 is 2.32 bits per heavy atom. The van der Waals surface area contributed by atoms with Crippen molar-refractivity contribution in [3.05, 3.63) is 28.8 Å². The van der Waals surface area contributed by atoms with Crippen LogP contribution in [0.1, 0.15) is 28.4 Å². The van der Waals surface area contributed by atoms with Crippen LogP contribution >= 0.6 is 0 Å². The van der Waals surface area contributed by atoms with E-state index in [1.54, 1.807) is 0 Å². The molecule has 0 aliphatic carbocycles. The molecule has 0 aliphatic heterocycles. The van der Waals surface area contributed by atoms with Crippen LogP contribution in [-0.4, -0.2) is 12.5 Å². The minimum Gasteiger partial charge on any atom is -0.434 e. The van der Waals surface area contributed by atoms with E-state index in [-0.39, 0.29) is 17.5 Å². The smallest absolute Gasteiger partial charge is 0.419 e. The van der Waals surface area contributed by atoms with Gasteiger partial charge in [0, 0.05) is 11.1 Å². The number of rotatable bonds is 4. The first kappa shape index (κ1) is 15.2. The third kappa shape index (κ3) is 3.33. The number of halogens is 5. The van der Waals surface area contributed by atoms with Crippen LogP contribution in [0.25, 0.3) is 0 Å². The van der Waals surface area contributed by atoms with E-state index in [1.807, 2.05) is 0 Å². The molecule has 0 radical (unpaired) electrons. The molecule has 1 rings (SSSR count). The fraction of sp³-hybridized carbons (Fsp3) is 0.364. The van der Waals surface area contributed by atoms with Gasteiger partial charge in [0.2, 0.25) is 5.91 Å². The molecule has 0 bridgehead atoms. The van der Waals surface area contributed by atoms with Gasteiger partial charge in [0.05, 0.1) is 5.56 Å². The number of alkyl halides is 5. The van der Waals surface area contributed by atoms with Gasteiger partial charge in [-0.2, -0.15) is 22.0 Å². The molecule has 0 aliphatic rings. The summed E-state index contributed by atoms with van der Waals surface area (Å²) in [5.74, 6) is -2.06. The number of hydrogen-bond acceptors (Lipinski definition) is 2. The van der Waals surface area contributed by atoms with Crippen molar-refractivity contribution >= 4 is 5.91 Å². The molecule has 106 valence electrons. The van der Waals surface area contributed by atoms with E-state index in [4.69, 9.17) is 5.73 Å². The van der Waals surface area contributed by atoms with Crippen molar-refractivity contribution < 1.29 is 31.5 Å². The van der Waals surface area contributed by atoms with Crippen LogP contribution in [0, 0.1) is 0 Å². The SMILES string of the molecule is CCc1c(C(N)=O)ccc(C(F)(F)F)c1OC(F)F. The summed E-state index contributed by atoms with van der Waals surface area (Å²) in [5.41, 5.74) is 3.06. The molecule has 2 N–H and O–H groups in total. The summed E-state index contributed by atoms with van der Waals surface area (Å²) in [6.45, 7) is -2.03. The first-order valence-corrected chi connectivity index (χ1v) is 5.16. The second-order valence-electron chi connectivity index (χ2n) is 3.56. The standard InChI is InChI=1S/C11H10F5NO2/c1-2-5-6(9(17)18)3-4-7(11(14,15)16)8(5)19-10(12)13/h3-4,10H,2H2,1H3,(H2,17,18). The minimum atomic E-state index is -4.87.